The lowest BCUT2D eigenvalue weighted by molar-refractivity contribution is -0.130. The number of imide groups is 1. The van der Waals surface area contributed by atoms with Gasteiger partial charge in [0.1, 0.15) is 5.54 Å². The SMILES string of the molecule is CCOC(=O)c1ccc(N2C(=O)[C@H]3[C@@H](C2=O)[C@]2(N[C@@H]3Cc3c[nH]c4ccccc34)C(=O)Nc3c(Cl)cccc32)cc1. The molecule has 3 aliphatic rings. The monoisotopic (exact) mass is 568 g/mol. The number of H-pyrrole nitrogens is 1. The Morgan fingerprint density at radius 3 is 2.56 bits per heavy atom. The highest BCUT2D eigenvalue weighted by atomic mass is 35.5. The molecule has 0 unspecified atom stereocenters. The maximum atomic E-state index is 14.2. The van der Waals surface area contributed by atoms with Crippen molar-refractivity contribution in [2.75, 3.05) is 16.8 Å². The van der Waals surface area contributed by atoms with Gasteiger partial charge in [0, 0.05) is 28.7 Å². The van der Waals surface area contributed by atoms with Crippen LogP contribution in [0.3, 0.4) is 0 Å². The van der Waals surface area contributed by atoms with Crippen LogP contribution in [0, 0.1) is 11.8 Å². The molecule has 4 atom stereocenters. The van der Waals surface area contributed by atoms with Gasteiger partial charge in [0.25, 0.3) is 0 Å². The molecule has 7 rings (SSSR count). The molecule has 206 valence electrons. The molecule has 3 amide bonds. The van der Waals surface area contributed by atoms with Crippen LogP contribution in [0.2, 0.25) is 5.02 Å². The van der Waals surface area contributed by atoms with Crippen LogP contribution in [0.15, 0.2) is 72.9 Å². The van der Waals surface area contributed by atoms with Crippen molar-refractivity contribution < 1.29 is 23.9 Å². The van der Waals surface area contributed by atoms with E-state index in [0.717, 1.165) is 21.4 Å². The number of anilines is 2. The molecule has 0 aliphatic carbocycles. The van der Waals surface area contributed by atoms with Crippen LogP contribution < -0.4 is 15.5 Å². The molecular weight excluding hydrogens is 544 g/mol. The van der Waals surface area contributed by atoms with Gasteiger partial charge in [-0.15, -0.1) is 0 Å². The lowest BCUT2D eigenvalue weighted by atomic mass is 9.76. The van der Waals surface area contributed by atoms with E-state index in [1.54, 1.807) is 37.3 Å². The average Bonchev–Trinajstić information content (AvgIpc) is 3.68. The first-order chi connectivity index (χ1) is 19.8. The van der Waals surface area contributed by atoms with Gasteiger partial charge in [-0.1, -0.05) is 41.9 Å². The molecule has 1 spiro atoms. The van der Waals surface area contributed by atoms with Crippen molar-refractivity contribution in [1.82, 2.24) is 10.3 Å². The van der Waals surface area contributed by atoms with Gasteiger partial charge in [0.05, 0.1) is 40.4 Å². The number of para-hydroxylation sites is 2. The Morgan fingerprint density at radius 2 is 1.78 bits per heavy atom. The van der Waals surface area contributed by atoms with Crippen molar-refractivity contribution in [2.24, 2.45) is 11.8 Å². The third-order valence-corrected chi connectivity index (χ3v) is 8.77. The molecule has 10 heteroatoms. The number of hydrogen-bond acceptors (Lipinski definition) is 6. The summed E-state index contributed by atoms with van der Waals surface area (Å²) in [6, 6.07) is 18.7. The van der Waals surface area contributed by atoms with Gasteiger partial charge in [-0.05, 0) is 55.3 Å². The highest BCUT2D eigenvalue weighted by molar-refractivity contribution is 6.35. The number of halogens is 1. The third kappa shape index (κ3) is 3.59. The minimum Gasteiger partial charge on any atom is -0.462 e. The number of rotatable bonds is 5. The van der Waals surface area contributed by atoms with Crippen molar-refractivity contribution in [2.45, 2.75) is 24.9 Å². The summed E-state index contributed by atoms with van der Waals surface area (Å²) in [7, 11) is 0. The van der Waals surface area contributed by atoms with Crippen LogP contribution in [-0.2, 0) is 31.1 Å². The lowest BCUT2D eigenvalue weighted by Crippen LogP contribution is -2.53. The summed E-state index contributed by atoms with van der Waals surface area (Å²) in [6.07, 6.45) is 2.31. The topological polar surface area (TPSA) is 121 Å². The van der Waals surface area contributed by atoms with Crippen LogP contribution in [0.5, 0.6) is 0 Å². The Morgan fingerprint density at radius 1 is 1.00 bits per heavy atom. The van der Waals surface area contributed by atoms with Crippen molar-refractivity contribution in [3.05, 3.63) is 94.6 Å². The molecule has 9 nitrogen and oxygen atoms in total. The highest BCUT2D eigenvalue weighted by Gasteiger charge is 2.70. The molecule has 2 fully saturated rings. The van der Waals surface area contributed by atoms with E-state index in [9.17, 15) is 19.2 Å². The number of aromatic amines is 1. The molecule has 3 aromatic carbocycles. The number of fused-ring (bicyclic) bond motifs is 5. The van der Waals surface area contributed by atoms with Crippen molar-refractivity contribution >= 4 is 57.6 Å². The van der Waals surface area contributed by atoms with Crippen LogP contribution in [0.4, 0.5) is 11.4 Å². The Kier molecular flexibility index (Phi) is 5.78. The minimum atomic E-state index is -1.48. The number of nitrogens with one attached hydrogen (secondary N) is 3. The van der Waals surface area contributed by atoms with Crippen molar-refractivity contribution in [1.29, 1.82) is 0 Å². The van der Waals surface area contributed by atoms with Gasteiger partial charge in [0.2, 0.25) is 17.7 Å². The molecule has 4 heterocycles. The van der Waals surface area contributed by atoms with Crippen LogP contribution in [0.25, 0.3) is 10.9 Å². The predicted octanol–water partition coefficient (Wildman–Crippen LogP) is 4.17. The number of carbonyl (C=O) groups is 4. The van der Waals surface area contributed by atoms with Crippen molar-refractivity contribution in [3.63, 3.8) is 0 Å². The molecule has 1 aromatic heterocycles. The number of benzene rings is 3. The Labute approximate surface area is 239 Å². The second-order valence-corrected chi connectivity index (χ2v) is 10.9. The van der Waals surface area contributed by atoms with E-state index in [4.69, 9.17) is 16.3 Å². The first-order valence-corrected chi connectivity index (χ1v) is 13.8. The van der Waals surface area contributed by atoms with Crippen LogP contribution in [0.1, 0.15) is 28.4 Å². The molecule has 0 bridgehead atoms. The van der Waals surface area contributed by atoms with Crippen LogP contribution in [-0.4, -0.2) is 41.3 Å². The fraction of sp³-hybridized carbons (Fsp3) is 0.226. The third-order valence-electron chi connectivity index (χ3n) is 8.45. The molecule has 41 heavy (non-hydrogen) atoms. The molecule has 0 radical (unpaired) electrons. The largest absolute Gasteiger partial charge is 0.462 e. The fourth-order valence-corrected chi connectivity index (χ4v) is 6.94. The molecular formula is C31H25ClN4O5. The summed E-state index contributed by atoms with van der Waals surface area (Å²) in [5, 5.41) is 7.69. The van der Waals surface area contributed by atoms with Gasteiger partial charge < -0.3 is 15.0 Å². The fourth-order valence-electron chi connectivity index (χ4n) is 6.72. The Hall–Kier alpha value is -4.47. The molecule has 3 N–H and O–H groups in total. The first kappa shape index (κ1) is 25.5. The maximum Gasteiger partial charge on any atom is 0.338 e. The molecule has 2 saturated heterocycles. The van der Waals surface area contributed by atoms with Gasteiger partial charge in [-0.3, -0.25) is 19.7 Å². The van der Waals surface area contributed by atoms with E-state index in [1.165, 1.54) is 12.1 Å². The van der Waals surface area contributed by atoms with E-state index in [0.29, 0.717) is 33.9 Å². The highest BCUT2D eigenvalue weighted by Crippen LogP contribution is 2.55. The van der Waals surface area contributed by atoms with Gasteiger partial charge in [-0.2, -0.15) is 0 Å². The summed E-state index contributed by atoms with van der Waals surface area (Å²) in [4.78, 5) is 58.8. The van der Waals surface area contributed by atoms with Crippen molar-refractivity contribution in [3.8, 4) is 0 Å². The summed E-state index contributed by atoms with van der Waals surface area (Å²) in [5.74, 6) is -3.63. The second kappa shape index (κ2) is 9.29. The zero-order valence-electron chi connectivity index (χ0n) is 21.9. The number of hydrogen-bond donors (Lipinski definition) is 3. The van der Waals surface area contributed by atoms with E-state index < -0.39 is 47.1 Å². The van der Waals surface area contributed by atoms with E-state index in [1.807, 2.05) is 30.5 Å². The average molecular weight is 569 g/mol. The Balaban J connectivity index is 1.33. The normalized spacial score (nSPS) is 24.7. The summed E-state index contributed by atoms with van der Waals surface area (Å²) >= 11 is 6.46. The number of nitrogens with zero attached hydrogens (tertiary/aromatic N) is 1. The standard InChI is InChI=1S/C31H25ClN4O5/c1-2-41-29(39)16-10-12-18(13-11-16)36-27(37)24-23(14-17-15-33-22-9-4-3-6-19(17)22)35-31(25(24)28(36)38)20-7-5-8-21(32)26(20)34-30(31)40/h3-13,15,23-25,33,35H,2,14H2,1H3,(H,34,40)/t23-,24-,25+,31+/m1/s1. The lowest BCUT2D eigenvalue weighted by Gasteiger charge is -2.29. The zero-order valence-corrected chi connectivity index (χ0v) is 22.7. The molecule has 0 saturated carbocycles. The molecule has 4 aromatic rings. The maximum absolute atomic E-state index is 14.2. The first-order valence-electron chi connectivity index (χ1n) is 13.4. The van der Waals surface area contributed by atoms with E-state index in [-0.39, 0.29) is 6.61 Å². The van der Waals surface area contributed by atoms with E-state index in [2.05, 4.69) is 15.6 Å². The minimum absolute atomic E-state index is 0.230. The smallest absolute Gasteiger partial charge is 0.338 e. The predicted molar refractivity (Wildman–Crippen MR) is 153 cm³/mol. The molecule has 3 aliphatic heterocycles. The zero-order chi connectivity index (χ0) is 28.5. The summed E-state index contributed by atoms with van der Waals surface area (Å²) in [5.41, 5.74) is 2.07. The second-order valence-electron chi connectivity index (χ2n) is 10.5. The summed E-state index contributed by atoms with van der Waals surface area (Å²) in [6.45, 7) is 1.95. The van der Waals surface area contributed by atoms with Gasteiger partial charge >= 0.3 is 5.97 Å². The number of ether oxygens (including phenoxy) is 1. The number of amides is 3. The Bertz CT molecular complexity index is 1770. The summed E-state index contributed by atoms with van der Waals surface area (Å²) < 4.78 is 5.06. The van der Waals surface area contributed by atoms with E-state index >= 15 is 0 Å². The number of esters is 1. The number of aromatic nitrogens is 1. The van der Waals surface area contributed by atoms with Crippen LogP contribution >= 0.6 is 11.6 Å². The van der Waals surface area contributed by atoms with Gasteiger partial charge in [-0.25, -0.2) is 9.69 Å². The number of carbonyl (C=O) groups excluding carboxylic acids is 4. The van der Waals surface area contributed by atoms with Gasteiger partial charge in [0.15, 0.2) is 0 Å². The quantitative estimate of drug-likeness (QED) is 0.245.